The van der Waals surface area contributed by atoms with Crippen LogP contribution >= 0.6 is 0 Å². The predicted octanol–water partition coefficient (Wildman–Crippen LogP) is 2.02. The van der Waals surface area contributed by atoms with Gasteiger partial charge in [-0.25, -0.2) is 4.98 Å². The van der Waals surface area contributed by atoms with Gasteiger partial charge in [0.2, 0.25) is 5.88 Å². The predicted molar refractivity (Wildman–Crippen MR) is 71.0 cm³/mol. The van der Waals surface area contributed by atoms with Gasteiger partial charge in [-0.3, -0.25) is 4.99 Å². The molecule has 0 amide bonds. The van der Waals surface area contributed by atoms with E-state index in [9.17, 15) is 0 Å². The maximum absolute atomic E-state index is 5.84. The van der Waals surface area contributed by atoms with Crippen LogP contribution in [0.2, 0.25) is 0 Å². The first-order valence-electron chi connectivity index (χ1n) is 5.71. The van der Waals surface area contributed by atoms with Gasteiger partial charge >= 0.3 is 0 Å². The molecule has 0 atom stereocenters. The molecule has 1 aromatic heterocycles. The van der Waals surface area contributed by atoms with Crippen LogP contribution in [0.25, 0.3) is 0 Å². The Bertz CT molecular complexity index is 635. The van der Waals surface area contributed by atoms with E-state index in [1.54, 1.807) is 13.3 Å². The Kier molecular flexibility index (Phi) is 2.48. The summed E-state index contributed by atoms with van der Waals surface area (Å²) in [5.74, 6) is 0.590. The molecule has 90 valence electrons. The number of ether oxygens (including phenoxy) is 1. The van der Waals surface area contributed by atoms with E-state index in [0.717, 1.165) is 22.5 Å². The fourth-order valence-corrected chi connectivity index (χ4v) is 2.12. The van der Waals surface area contributed by atoms with Gasteiger partial charge in [-0.05, 0) is 23.8 Å². The van der Waals surface area contributed by atoms with Crippen molar-refractivity contribution in [2.75, 3.05) is 12.8 Å². The van der Waals surface area contributed by atoms with Gasteiger partial charge in [0.05, 0.1) is 19.4 Å². The third kappa shape index (κ3) is 1.72. The zero-order valence-electron chi connectivity index (χ0n) is 10.1. The molecular weight excluding hydrogens is 226 g/mol. The minimum atomic E-state index is 0.590. The smallest absolute Gasteiger partial charge is 0.213 e. The van der Waals surface area contributed by atoms with Crippen molar-refractivity contribution >= 4 is 11.4 Å². The summed E-state index contributed by atoms with van der Waals surface area (Å²) in [5, 5.41) is 0. The molecular formula is C14H13N3O. The number of pyridine rings is 1. The number of nitrogen functional groups attached to an aromatic ring is 1. The van der Waals surface area contributed by atoms with Crippen LogP contribution in [0.1, 0.15) is 16.7 Å². The Balaban J connectivity index is 2.07. The molecule has 2 N–H and O–H groups in total. The minimum absolute atomic E-state index is 0.590. The highest BCUT2D eigenvalue weighted by Crippen LogP contribution is 2.25. The second-order valence-corrected chi connectivity index (χ2v) is 4.17. The van der Waals surface area contributed by atoms with Gasteiger partial charge in [0.1, 0.15) is 0 Å². The van der Waals surface area contributed by atoms with Crippen LogP contribution in [0.15, 0.2) is 41.5 Å². The third-order valence-electron chi connectivity index (χ3n) is 3.01. The SMILES string of the molecule is COc1cc(C2=NCc3ccc(N)cc32)ccn1. The van der Waals surface area contributed by atoms with Gasteiger partial charge in [0, 0.05) is 29.1 Å². The van der Waals surface area contributed by atoms with Crippen LogP contribution in [0, 0.1) is 0 Å². The number of fused-ring (bicyclic) bond motifs is 1. The number of nitrogens with zero attached hydrogens (tertiary/aromatic N) is 2. The molecule has 1 aromatic carbocycles. The molecule has 0 saturated heterocycles. The number of hydrogen-bond acceptors (Lipinski definition) is 4. The molecule has 1 aliphatic rings. The Labute approximate surface area is 105 Å². The molecule has 0 fully saturated rings. The first-order chi connectivity index (χ1) is 8.78. The van der Waals surface area contributed by atoms with E-state index in [4.69, 9.17) is 10.5 Å². The summed E-state index contributed by atoms with van der Waals surface area (Å²) >= 11 is 0. The van der Waals surface area contributed by atoms with Crippen molar-refractivity contribution in [3.63, 3.8) is 0 Å². The zero-order chi connectivity index (χ0) is 12.5. The number of anilines is 1. The molecule has 0 bridgehead atoms. The molecule has 2 heterocycles. The lowest BCUT2D eigenvalue weighted by Crippen LogP contribution is -2.02. The fraction of sp³-hybridized carbons (Fsp3) is 0.143. The van der Waals surface area contributed by atoms with Crippen molar-refractivity contribution in [3.8, 4) is 5.88 Å². The molecule has 0 aliphatic carbocycles. The number of hydrogen-bond donors (Lipinski definition) is 1. The summed E-state index contributed by atoms with van der Waals surface area (Å²) in [7, 11) is 1.61. The van der Waals surface area contributed by atoms with Crippen molar-refractivity contribution in [2.24, 2.45) is 4.99 Å². The molecule has 0 radical (unpaired) electrons. The molecule has 4 nitrogen and oxygen atoms in total. The Hall–Kier alpha value is -2.36. The third-order valence-corrected chi connectivity index (χ3v) is 3.01. The van der Waals surface area contributed by atoms with Gasteiger partial charge in [-0.1, -0.05) is 6.07 Å². The highest BCUT2D eigenvalue weighted by molar-refractivity contribution is 6.15. The van der Waals surface area contributed by atoms with Crippen molar-refractivity contribution < 1.29 is 4.74 Å². The second kappa shape index (κ2) is 4.14. The Morgan fingerprint density at radius 2 is 2.11 bits per heavy atom. The van der Waals surface area contributed by atoms with Crippen LogP contribution in [0.4, 0.5) is 5.69 Å². The molecule has 2 aromatic rings. The van der Waals surface area contributed by atoms with Crippen molar-refractivity contribution in [1.29, 1.82) is 0 Å². The van der Waals surface area contributed by atoms with E-state index in [-0.39, 0.29) is 0 Å². The van der Waals surface area contributed by atoms with E-state index >= 15 is 0 Å². The standard InChI is InChI=1S/C14H13N3O/c1-18-13-6-9(4-5-16-13)14-12-7-11(15)3-2-10(12)8-17-14/h2-7H,8,15H2,1H3. The summed E-state index contributed by atoms with van der Waals surface area (Å²) < 4.78 is 5.14. The van der Waals surface area contributed by atoms with Crippen molar-refractivity contribution in [3.05, 3.63) is 53.2 Å². The molecule has 0 unspecified atom stereocenters. The first-order valence-corrected chi connectivity index (χ1v) is 5.71. The van der Waals surface area contributed by atoms with E-state index in [0.29, 0.717) is 12.4 Å². The summed E-state index contributed by atoms with van der Waals surface area (Å²) in [6.07, 6.45) is 1.72. The topological polar surface area (TPSA) is 60.5 Å². The maximum atomic E-state index is 5.84. The second-order valence-electron chi connectivity index (χ2n) is 4.17. The van der Waals surface area contributed by atoms with Gasteiger partial charge in [0.15, 0.2) is 0 Å². The number of nitrogens with two attached hydrogens (primary N) is 1. The highest BCUT2D eigenvalue weighted by atomic mass is 16.5. The average molecular weight is 239 g/mol. The Morgan fingerprint density at radius 1 is 1.22 bits per heavy atom. The normalized spacial score (nSPS) is 13.1. The van der Waals surface area contributed by atoms with Crippen molar-refractivity contribution in [1.82, 2.24) is 4.98 Å². The number of methoxy groups -OCH3 is 1. The van der Waals surface area contributed by atoms with Gasteiger partial charge in [0.25, 0.3) is 0 Å². The lowest BCUT2D eigenvalue weighted by molar-refractivity contribution is 0.398. The monoisotopic (exact) mass is 239 g/mol. The molecule has 0 saturated carbocycles. The lowest BCUT2D eigenvalue weighted by atomic mass is 10.0. The summed E-state index contributed by atoms with van der Waals surface area (Å²) in [6.45, 7) is 0.704. The molecule has 3 rings (SSSR count). The minimum Gasteiger partial charge on any atom is -0.481 e. The molecule has 1 aliphatic heterocycles. The summed E-state index contributed by atoms with van der Waals surface area (Å²) in [4.78, 5) is 8.67. The van der Waals surface area contributed by atoms with E-state index in [1.807, 2.05) is 30.3 Å². The fourth-order valence-electron chi connectivity index (χ4n) is 2.12. The largest absolute Gasteiger partial charge is 0.481 e. The first kappa shape index (κ1) is 10.8. The zero-order valence-corrected chi connectivity index (χ0v) is 10.1. The quantitative estimate of drug-likeness (QED) is 0.815. The molecule has 0 spiro atoms. The molecule has 4 heteroatoms. The van der Waals surface area contributed by atoms with Crippen LogP contribution < -0.4 is 10.5 Å². The number of aromatic nitrogens is 1. The van der Waals surface area contributed by atoms with Crippen LogP contribution in [0.5, 0.6) is 5.88 Å². The van der Waals surface area contributed by atoms with Gasteiger partial charge in [-0.15, -0.1) is 0 Å². The van der Waals surface area contributed by atoms with Crippen LogP contribution in [0.3, 0.4) is 0 Å². The summed E-state index contributed by atoms with van der Waals surface area (Å²) in [5.41, 5.74) is 10.9. The Morgan fingerprint density at radius 3 is 2.94 bits per heavy atom. The van der Waals surface area contributed by atoms with Gasteiger partial charge < -0.3 is 10.5 Å². The number of benzene rings is 1. The number of rotatable bonds is 2. The van der Waals surface area contributed by atoms with Crippen molar-refractivity contribution in [2.45, 2.75) is 6.54 Å². The highest BCUT2D eigenvalue weighted by Gasteiger charge is 2.17. The maximum Gasteiger partial charge on any atom is 0.213 e. The van der Waals surface area contributed by atoms with E-state index in [2.05, 4.69) is 9.98 Å². The average Bonchev–Trinajstić information content (AvgIpc) is 2.81. The lowest BCUT2D eigenvalue weighted by Gasteiger charge is -2.06. The number of aliphatic imine (C=N–C) groups is 1. The van der Waals surface area contributed by atoms with Crippen LogP contribution in [-0.2, 0) is 6.54 Å². The van der Waals surface area contributed by atoms with E-state index < -0.39 is 0 Å². The summed E-state index contributed by atoms with van der Waals surface area (Å²) in [6, 6.07) is 9.72. The van der Waals surface area contributed by atoms with Gasteiger partial charge in [-0.2, -0.15) is 0 Å². The molecule has 18 heavy (non-hydrogen) atoms. The van der Waals surface area contributed by atoms with Crippen LogP contribution in [-0.4, -0.2) is 17.8 Å². The van der Waals surface area contributed by atoms with E-state index in [1.165, 1.54) is 5.56 Å².